The van der Waals surface area contributed by atoms with Crippen LogP contribution in [0.2, 0.25) is 0 Å². The second kappa shape index (κ2) is 11.3. The van der Waals surface area contributed by atoms with Crippen molar-refractivity contribution in [1.82, 2.24) is 10.0 Å². The lowest BCUT2D eigenvalue weighted by Crippen LogP contribution is -2.41. The number of amides is 1. The molecule has 0 aliphatic heterocycles. The summed E-state index contributed by atoms with van der Waals surface area (Å²) in [6.45, 7) is 3.60. The molecule has 0 aliphatic rings. The Balaban J connectivity index is 0.00000392. The summed E-state index contributed by atoms with van der Waals surface area (Å²) in [6, 6.07) is 13.4. The lowest BCUT2D eigenvalue weighted by Gasteiger charge is -2.18. The van der Waals surface area contributed by atoms with E-state index in [4.69, 9.17) is 10.5 Å². The Morgan fingerprint density at radius 2 is 1.82 bits per heavy atom. The van der Waals surface area contributed by atoms with Crippen LogP contribution in [0.3, 0.4) is 0 Å². The standard InChI is InChI=1S/C19H27N3O4S.ClH/c1-14(2)26-9-10-27(24,25)21-13-19(23)22-18(12-20)17-8-7-15-5-3-4-6-16(15)11-17;/h3-8,11,14,18,21H,9-10,12-13,20H2,1-2H3,(H,22,23);1H. The van der Waals surface area contributed by atoms with Gasteiger partial charge in [-0.1, -0.05) is 36.4 Å². The first-order valence-electron chi connectivity index (χ1n) is 8.88. The summed E-state index contributed by atoms with van der Waals surface area (Å²) in [5.74, 6) is -0.629. The number of halogens is 1. The molecule has 1 amide bonds. The average molecular weight is 430 g/mol. The molecule has 9 heteroatoms. The molecule has 0 saturated heterocycles. The maximum absolute atomic E-state index is 12.2. The molecule has 4 N–H and O–H groups in total. The van der Waals surface area contributed by atoms with Gasteiger partial charge in [-0.05, 0) is 36.2 Å². The van der Waals surface area contributed by atoms with Crippen molar-refractivity contribution in [3.8, 4) is 0 Å². The Labute approximate surface area is 172 Å². The molecule has 28 heavy (non-hydrogen) atoms. The highest BCUT2D eigenvalue weighted by Crippen LogP contribution is 2.20. The topological polar surface area (TPSA) is 111 Å². The van der Waals surface area contributed by atoms with Crippen molar-refractivity contribution in [1.29, 1.82) is 0 Å². The van der Waals surface area contributed by atoms with E-state index in [-0.39, 0.29) is 44.0 Å². The van der Waals surface area contributed by atoms with Crippen molar-refractivity contribution in [3.05, 3.63) is 48.0 Å². The third kappa shape index (κ3) is 7.73. The molecule has 0 saturated carbocycles. The number of nitrogens with one attached hydrogen (secondary N) is 2. The van der Waals surface area contributed by atoms with E-state index in [0.717, 1.165) is 16.3 Å². The van der Waals surface area contributed by atoms with Crippen molar-refractivity contribution in [2.45, 2.75) is 26.0 Å². The van der Waals surface area contributed by atoms with E-state index in [0.29, 0.717) is 0 Å². The molecular weight excluding hydrogens is 402 g/mol. The molecule has 0 bridgehead atoms. The van der Waals surface area contributed by atoms with Gasteiger partial charge in [0.2, 0.25) is 15.9 Å². The van der Waals surface area contributed by atoms with Gasteiger partial charge in [0, 0.05) is 6.54 Å². The summed E-state index contributed by atoms with van der Waals surface area (Å²) in [5, 5.41) is 4.92. The Morgan fingerprint density at radius 1 is 1.14 bits per heavy atom. The number of sulfonamides is 1. The summed E-state index contributed by atoms with van der Waals surface area (Å²) < 4.78 is 31.3. The minimum absolute atomic E-state index is 0. The normalized spacial score (nSPS) is 12.6. The maximum Gasteiger partial charge on any atom is 0.235 e. The molecule has 156 valence electrons. The number of nitrogens with two attached hydrogens (primary N) is 1. The summed E-state index contributed by atoms with van der Waals surface area (Å²) in [7, 11) is -3.58. The third-order valence-electron chi connectivity index (χ3n) is 4.00. The van der Waals surface area contributed by atoms with Crippen molar-refractivity contribution in [2.24, 2.45) is 5.73 Å². The van der Waals surface area contributed by atoms with E-state index < -0.39 is 22.0 Å². The summed E-state index contributed by atoms with van der Waals surface area (Å²) >= 11 is 0. The molecule has 0 aromatic heterocycles. The second-order valence-corrected chi connectivity index (χ2v) is 8.45. The molecule has 2 aromatic rings. The van der Waals surface area contributed by atoms with Crippen LogP contribution in [0.4, 0.5) is 0 Å². The van der Waals surface area contributed by atoms with Crippen LogP contribution in [0.5, 0.6) is 0 Å². The summed E-state index contributed by atoms with van der Waals surface area (Å²) in [6.07, 6.45) is -0.0456. The minimum Gasteiger partial charge on any atom is -0.378 e. The van der Waals surface area contributed by atoms with Crippen LogP contribution in [-0.4, -0.2) is 45.9 Å². The molecule has 0 heterocycles. The van der Waals surface area contributed by atoms with Crippen molar-refractivity contribution in [2.75, 3.05) is 25.4 Å². The number of ether oxygens (including phenoxy) is 1. The predicted molar refractivity (Wildman–Crippen MR) is 114 cm³/mol. The number of carbonyl (C=O) groups is 1. The van der Waals surface area contributed by atoms with Crippen molar-refractivity contribution in [3.63, 3.8) is 0 Å². The average Bonchev–Trinajstić information content (AvgIpc) is 2.63. The van der Waals surface area contributed by atoms with Crippen LogP contribution >= 0.6 is 12.4 Å². The van der Waals surface area contributed by atoms with E-state index >= 15 is 0 Å². The molecule has 7 nitrogen and oxygen atoms in total. The monoisotopic (exact) mass is 429 g/mol. The quantitative estimate of drug-likeness (QED) is 0.532. The van der Waals surface area contributed by atoms with Gasteiger partial charge in [0.25, 0.3) is 0 Å². The van der Waals surface area contributed by atoms with Crippen LogP contribution in [0.25, 0.3) is 10.8 Å². The molecule has 0 fully saturated rings. The van der Waals surface area contributed by atoms with Gasteiger partial charge in [-0.15, -0.1) is 12.4 Å². The smallest absolute Gasteiger partial charge is 0.235 e. The van der Waals surface area contributed by atoms with Crippen LogP contribution in [0, 0.1) is 0 Å². The summed E-state index contributed by atoms with van der Waals surface area (Å²) in [5.41, 5.74) is 6.68. The van der Waals surface area contributed by atoms with Gasteiger partial charge in [-0.3, -0.25) is 4.79 Å². The zero-order chi connectivity index (χ0) is 19.9. The SMILES string of the molecule is CC(C)OCCS(=O)(=O)NCC(=O)NC(CN)c1ccc2ccccc2c1.Cl. The molecule has 2 aromatic carbocycles. The van der Waals surface area contributed by atoms with E-state index in [1.165, 1.54) is 0 Å². The van der Waals surface area contributed by atoms with E-state index in [1.807, 2.05) is 56.3 Å². The highest BCUT2D eigenvalue weighted by Gasteiger charge is 2.16. The summed E-state index contributed by atoms with van der Waals surface area (Å²) in [4.78, 5) is 12.2. The number of rotatable bonds is 10. The van der Waals surface area contributed by atoms with Gasteiger partial charge in [0.1, 0.15) is 0 Å². The van der Waals surface area contributed by atoms with Gasteiger partial charge >= 0.3 is 0 Å². The third-order valence-corrected chi connectivity index (χ3v) is 5.29. The molecule has 1 atom stereocenters. The van der Waals surface area contributed by atoms with Crippen LogP contribution < -0.4 is 15.8 Å². The molecule has 1 unspecified atom stereocenters. The fourth-order valence-electron chi connectivity index (χ4n) is 2.59. The lowest BCUT2D eigenvalue weighted by molar-refractivity contribution is -0.120. The number of fused-ring (bicyclic) bond motifs is 1. The highest BCUT2D eigenvalue weighted by atomic mass is 35.5. The Kier molecular flexibility index (Phi) is 9.84. The fraction of sp³-hybridized carbons (Fsp3) is 0.421. The molecule has 0 aliphatic carbocycles. The van der Waals surface area contributed by atoms with Gasteiger partial charge in [-0.2, -0.15) is 0 Å². The Morgan fingerprint density at radius 3 is 2.46 bits per heavy atom. The van der Waals surface area contributed by atoms with Crippen LogP contribution in [-0.2, 0) is 19.6 Å². The van der Waals surface area contributed by atoms with Gasteiger partial charge in [0.15, 0.2) is 0 Å². The fourth-order valence-corrected chi connectivity index (χ4v) is 3.40. The molecule has 0 spiro atoms. The maximum atomic E-state index is 12.2. The zero-order valence-corrected chi connectivity index (χ0v) is 17.7. The predicted octanol–water partition coefficient (Wildman–Crippen LogP) is 1.72. The van der Waals surface area contributed by atoms with Crippen LogP contribution in [0.15, 0.2) is 42.5 Å². The Bertz CT molecular complexity index is 874. The molecule has 0 radical (unpaired) electrons. The first kappa shape index (κ1) is 24.3. The van der Waals surface area contributed by atoms with E-state index in [9.17, 15) is 13.2 Å². The van der Waals surface area contributed by atoms with Gasteiger partial charge in [0.05, 0.1) is 31.1 Å². The number of hydrogen-bond donors (Lipinski definition) is 3. The first-order valence-corrected chi connectivity index (χ1v) is 10.5. The van der Waals surface area contributed by atoms with Gasteiger partial charge in [-0.25, -0.2) is 13.1 Å². The first-order chi connectivity index (χ1) is 12.8. The number of carbonyl (C=O) groups excluding carboxylic acids is 1. The van der Waals surface area contributed by atoms with Gasteiger partial charge < -0.3 is 15.8 Å². The van der Waals surface area contributed by atoms with Crippen LogP contribution in [0.1, 0.15) is 25.5 Å². The number of hydrogen-bond acceptors (Lipinski definition) is 5. The lowest BCUT2D eigenvalue weighted by atomic mass is 10.0. The van der Waals surface area contributed by atoms with E-state index in [1.54, 1.807) is 0 Å². The highest BCUT2D eigenvalue weighted by molar-refractivity contribution is 7.89. The minimum atomic E-state index is -3.58. The van der Waals surface area contributed by atoms with Crippen molar-refractivity contribution < 1.29 is 17.9 Å². The molecular formula is C19H28ClN3O4S. The second-order valence-electron chi connectivity index (χ2n) is 6.52. The number of benzene rings is 2. The van der Waals surface area contributed by atoms with Crippen molar-refractivity contribution >= 4 is 39.1 Å². The molecule has 2 rings (SSSR count). The van der Waals surface area contributed by atoms with E-state index in [2.05, 4.69) is 10.0 Å². The zero-order valence-electron chi connectivity index (χ0n) is 16.1. The largest absolute Gasteiger partial charge is 0.378 e. The Hall–Kier alpha value is -1.71.